The van der Waals surface area contributed by atoms with Crippen molar-refractivity contribution in [2.24, 2.45) is 7.05 Å². The molecule has 0 amide bonds. The van der Waals surface area contributed by atoms with E-state index in [9.17, 15) is 23.3 Å². The zero-order valence-electron chi connectivity index (χ0n) is 24.4. The molecule has 44 heavy (non-hydrogen) atoms. The van der Waals surface area contributed by atoms with Crippen LogP contribution in [-0.2, 0) is 13.2 Å². The molecule has 1 N–H and O–H groups in total. The summed E-state index contributed by atoms with van der Waals surface area (Å²) in [5.74, 6) is 0.346. The zero-order chi connectivity index (χ0) is 31.8. The van der Waals surface area contributed by atoms with Crippen LogP contribution in [0.5, 0.6) is 5.75 Å². The maximum absolute atomic E-state index is 13.4. The third-order valence-electron chi connectivity index (χ3n) is 6.87. The van der Waals surface area contributed by atoms with Crippen molar-refractivity contribution in [2.45, 2.75) is 6.18 Å². The molecule has 0 bridgehead atoms. The molecule has 0 saturated carbocycles. The number of halogens is 3. The normalized spacial score (nSPS) is 11.8. The lowest BCUT2D eigenvalue weighted by molar-refractivity contribution is -0.384. The molecule has 3 aromatic heterocycles. The summed E-state index contributed by atoms with van der Waals surface area (Å²) in [6, 6.07) is 10.4. The van der Waals surface area contributed by atoms with Gasteiger partial charge in [0.15, 0.2) is 5.01 Å². The molecule has 0 fully saturated rings. The number of aromatic nitrogens is 5. The number of methoxy groups -OCH3 is 1. The van der Waals surface area contributed by atoms with Crippen LogP contribution >= 0.6 is 11.3 Å². The summed E-state index contributed by atoms with van der Waals surface area (Å²) in [4.78, 5) is 24.4. The Balaban J connectivity index is 1.62. The average molecular weight is 628 g/mol. The number of nitrogens with zero attached hydrogens (tertiary/aromatic N) is 8. The van der Waals surface area contributed by atoms with Crippen LogP contribution < -0.4 is 15.0 Å². The Morgan fingerprint density at radius 1 is 1.11 bits per heavy atom. The van der Waals surface area contributed by atoms with E-state index < -0.39 is 16.1 Å². The van der Waals surface area contributed by atoms with Crippen LogP contribution in [0.25, 0.3) is 32.7 Å². The second kappa shape index (κ2) is 12.0. The zero-order valence-corrected chi connectivity index (χ0v) is 25.2. The maximum atomic E-state index is 13.4. The van der Waals surface area contributed by atoms with Crippen molar-refractivity contribution in [3.8, 4) is 27.6 Å². The third kappa shape index (κ3) is 6.12. The van der Waals surface area contributed by atoms with Gasteiger partial charge in [-0.05, 0) is 20.2 Å². The molecule has 0 saturated heterocycles. The standard InChI is InChI=1S/C28H28F3N9O3S/c1-37(2)10-11-38(3)21-13-23(43-5)19(12-22(21)40(41)42)33-27-32-14-17(25-35-36-26(44-25)28(29,30)31)24(34-27)18-15-39(4)20-9-7-6-8-16(18)20/h6-9,12-15H,10-11H2,1-5H3,(H,32,33,34). The Morgan fingerprint density at radius 2 is 1.86 bits per heavy atom. The summed E-state index contributed by atoms with van der Waals surface area (Å²) < 4.78 is 47.6. The van der Waals surface area contributed by atoms with Crippen molar-refractivity contribution in [1.29, 1.82) is 0 Å². The molecule has 0 atom stereocenters. The minimum atomic E-state index is -4.66. The topological polar surface area (TPSA) is 127 Å². The molecule has 0 radical (unpaired) electrons. The van der Waals surface area contributed by atoms with Crippen LogP contribution in [-0.4, -0.2) is 75.9 Å². The van der Waals surface area contributed by atoms with E-state index in [1.54, 1.807) is 18.0 Å². The number of nitrogens with one attached hydrogen (secondary N) is 1. The van der Waals surface area contributed by atoms with Gasteiger partial charge in [-0.2, -0.15) is 13.2 Å². The number of hydrogen-bond acceptors (Lipinski definition) is 11. The van der Waals surface area contributed by atoms with Crippen LogP contribution in [0.3, 0.4) is 0 Å². The number of alkyl halides is 3. The molecule has 16 heteroatoms. The summed E-state index contributed by atoms with van der Waals surface area (Å²) in [6.45, 7) is 1.20. The van der Waals surface area contributed by atoms with Gasteiger partial charge in [0.05, 0.1) is 29.0 Å². The van der Waals surface area contributed by atoms with E-state index >= 15 is 0 Å². The fourth-order valence-electron chi connectivity index (χ4n) is 4.65. The van der Waals surface area contributed by atoms with Crippen molar-refractivity contribution < 1.29 is 22.8 Å². The van der Waals surface area contributed by atoms with Crippen molar-refractivity contribution >= 4 is 45.3 Å². The summed E-state index contributed by atoms with van der Waals surface area (Å²) in [6.07, 6.45) is -1.48. The van der Waals surface area contributed by atoms with E-state index in [2.05, 4.69) is 25.5 Å². The molecule has 230 valence electrons. The third-order valence-corrected chi connectivity index (χ3v) is 7.87. The molecule has 0 aliphatic heterocycles. The fourth-order valence-corrected chi connectivity index (χ4v) is 5.37. The largest absolute Gasteiger partial charge is 0.494 e. The smallest absolute Gasteiger partial charge is 0.445 e. The minimum absolute atomic E-state index is 0.00913. The van der Waals surface area contributed by atoms with Crippen molar-refractivity contribution in [2.75, 3.05) is 51.6 Å². The average Bonchev–Trinajstić information content (AvgIpc) is 3.61. The fraction of sp³-hybridized carbons (Fsp3) is 0.286. The second-order valence-electron chi connectivity index (χ2n) is 10.2. The molecule has 5 aromatic rings. The van der Waals surface area contributed by atoms with E-state index in [1.807, 2.05) is 61.1 Å². The summed E-state index contributed by atoms with van der Waals surface area (Å²) in [7, 11) is 8.87. The highest BCUT2D eigenvalue weighted by Gasteiger charge is 2.36. The quantitative estimate of drug-likeness (QED) is 0.149. The predicted octanol–water partition coefficient (Wildman–Crippen LogP) is 5.83. The Kier molecular flexibility index (Phi) is 8.38. The lowest BCUT2D eigenvalue weighted by Gasteiger charge is -2.22. The minimum Gasteiger partial charge on any atom is -0.494 e. The van der Waals surface area contributed by atoms with Crippen molar-refractivity contribution in [1.82, 2.24) is 29.6 Å². The van der Waals surface area contributed by atoms with Gasteiger partial charge in [-0.15, -0.1) is 10.2 Å². The maximum Gasteiger partial charge on any atom is 0.445 e. The predicted molar refractivity (Wildman–Crippen MR) is 163 cm³/mol. The number of ether oxygens (including phenoxy) is 1. The SMILES string of the molecule is COc1cc(N(C)CCN(C)C)c([N+](=O)[O-])cc1Nc1ncc(-c2nnc(C(F)(F)F)s2)c(-c2cn(C)c3ccccc23)n1. The molecule has 5 rings (SSSR count). The van der Waals surface area contributed by atoms with Gasteiger partial charge in [-0.25, -0.2) is 9.97 Å². The van der Waals surface area contributed by atoms with Gasteiger partial charge in [0, 0.05) is 68.2 Å². The van der Waals surface area contributed by atoms with Crippen molar-refractivity contribution in [3.63, 3.8) is 0 Å². The summed E-state index contributed by atoms with van der Waals surface area (Å²) in [5, 5.41) is 21.9. The number of aryl methyl sites for hydroxylation is 1. The molecule has 0 spiro atoms. The number of nitro groups is 1. The van der Waals surface area contributed by atoms with Gasteiger partial charge >= 0.3 is 6.18 Å². The van der Waals surface area contributed by atoms with Gasteiger partial charge in [-0.1, -0.05) is 29.5 Å². The summed E-state index contributed by atoms with van der Waals surface area (Å²) >= 11 is 0.388. The van der Waals surface area contributed by atoms with Gasteiger partial charge in [0.1, 0.15) is 11.4 Å². The van der Waals surface area contributed by atoms with Gasteiger partial charge in [-0.3, -0.25) is 10.1 Å². The molecule has 0 unspecified atom stereocenters. The first-order valence-electron chi connectivity index (χ1n) is 13.2. The number of benzene rings is 2. The van der Waals surface area contributed by atoms with Gasteiger partial charge in [0.25, 0.3) is 5.69 Å². The Morgan fingerprint density at radius 3 is 2.52 bits per heavy atom. The first-order valence-corrected chi connectivity index (χ1v) is 14.0. The second-order valence-corrected chi connectivity index (χ2v) is 11.2. The Hall–Kier alpha value is -4.83. The first-order chi connectivity index (χ1) is 20.9. The first kappa shape index (κ1) is 30.6. The lowest BCUT2D eigenvalue weighted by atomic mass is 10.1. The molecule has 0 aliphatic rings. The van der Waals surface area contributed by atoms with Crippen molar-refractivity contribution in [3.05, 3.63) is 63.9 Å². The summed E-state index contributed by atoms with van der Waals surface area (Å²) in [5.41, 5.74) is 2.49. The highest BCUT2D eigenvalue weighted by molar-refractivity contribution is 7.14. The number of hydrogen-bond donors (Lipinski definition) is 1. The van der Waals surface area contributed by atoms with Gasteiger partial charge < -0.3 is 24.4 Å². The number of anilines is 3. The van der Waals surface area contributed by atoms with E-state index in [1.165, 1.54) is 19.4 Å². The number of likely N-dealkylation sites (N-methyl/N-ethyl adjacent to an activating group) is 2. The van der Waals surface area contributed by atoms with Crippen LogP contribution in [0, 0.1) is 10.1 Å². The molecule has 2 aromatic carbocycles. The van der Waals surface area contributed by atoms with Gasteiger partial charge in [0.2, 0.25) is 11.0 Å². The Bertz CT molecular complexity index is 1840. The Labute approximate surface area is 253 Å². The number of fused-ring (bicyclic) bond motifs is 1. The highest BCUT2D eigenvalue weighted by atomic mass is 32.1. The lowest BCUT2D eigenvalue weighted by Crippen LogP contribution is -2.28. The molecule has 0 aliphatic carbocycles. The van der Waals surface area contributed by atoms with Crippen LogP contribution in [0.15, 0.2) is 48.8 Å². The molecule has 3 heterocycles. The van der Waals surface area contributed by atoms with Crippen LogP contribution in [0.2, 0.25) is 0 Å². The van der Waals surface area contributed by atoms with E-state index in [4.69, 9.17) is 4.74 Å². The number of nitro benzene ring substituents is 1. The monoisotopic (exact) mass is 627 g/mol. The van der Waals surface area contributed by atoms with Crippen LogP contribution in [0.1, 0.15) is 5.01 Å². The molecular weight excluding hydrogens is 599 g/mol. The number of para-hydroxylation sites is 1. The van der Waals surface area contributed by atoms with E-state index in [0.717, 1.165) is 10.9 Å². The molecular formula is C28H28F3N9O3S. The van der Waals surface area contributed by atoms with E-state index in [-0.39, 0.29) is 27.9 Å². The molecule has 12 nitrogen and oxygen atoms in total. The van der Waals surface area contributed by atoms with Crippen LogP contribution in [0.4, 0.5) is 36.2 Å². The van der Waals surface area contributed by atoms with E-state index in [0.29, 0.717) is 47.1 Å². The number of rotatable bonds is 10. The highest BCUT2D eigenvalue weighted by Crippen LogP contribution is 2.42.